The molecule has 8 heteroatoms. The molecule has 0 radical (unpaired) electrons. The second kappa shape index (κ2) is 7.06. The predicted octanol–water partition coefficient (Wildman–Crippen LogP) is 3.12. The van der Waals surface area contributed by atoms with Crippen LogP contribution in [0.3, 0.4) is 0 Å². The molecule has 3 rings (SSSR count). The van der Waals surface area contributed by atoms with Crippen molar-refractivity contribution in [3.63, 3.8) is 0 Å². The quantitative estimate of drug-likeness (QED) is 0.827. The molecule has 2 aromatic heterocycles. The minimum Gasteiger partial charge on any atom is -0.456 e. The van der Waals surface area contributed by atoms with Gasteiger partial charge in [-0.3, -0.25) is 19.3 Å². The molecule has 1 saturated heterocycles. The first-order valence-electron chi connectivity index (χ1n) is 7.18. The first-order chi connectivity index (χ1) is 11.5. The van der Waals surface area contributed by atoms with E-state index in [1.54, 1.807) is 25.1 Å². The molecule has 0 atom stereocenters. The smallest absolute Gasteiger partial charge is 0.293 e. The third kappa shape index (κ3) is 3.60. The van der Waals surface area contributed by atoms with Gasteiger partial charge < -0.3 is 9.73 Å². The van der Waals surface area contributed by atoms with Crippen LogP contribution in [0.1, 0.15) is 21.2 Å². The van der Waals surface area contributed by atoms with E-state index in [4.69, 9.17) is 4.42 Å². The van der Waals surface area contributed by atoms with Crippen molar-refractivity contribution in [3.05, 3.63) is 50.9 Å². The average Bonchev–Trinajstić information content (AvgIpc) is 3.26. The molecule has 1 N–H and O–H groups in total. The van der Waals surface area contributed by atoms with Crippen molar-refractivity contribution in [1.82, 2.24) is 10.2 Å². The van der Waals surface area contributed by atoms with Crippen molar-refractivity contribution in [3.8, 4) is 0 Å². The molecule has 1 aliphatic rings. The first kappa shape index (κ1) is 16.5. The Bertz CT molecular complexity index is 808. The number of furan rings is 1. The van der Waals surface area contributed by atoms with Gasteiger partial charge in [-0.2, -0.15) is 0 Å². The number of hydrogen-bond donors (Lipinski definition) is 1. The highest BCUT2D eigenvalue weighted by atomic mass is 32.2. The van der Waals surface area contributed by atoms with Gasteiger partial charge in [-0.15, -0.1) is 11.3 Å². The maximum absolute atomic E-state index is 12.3. The summed E-state index contributed by atoms with van der Waals surface area (Å²) in [6.45, 7) is 2.04. The van der Waals surface area contributed by atoms with E-state index in [9.17, 15) is 14.4 Å². The molecule has 2 aromatic rings. The maximum Gasteiger partial charge on any atom is 0.293 e. The van der Waals surface area contributed by atoms with Gasteiger partial charge in [-0.05, 0) is 48.3 Å². The van der Waals surface area contributed by atoms with E-state index in [2.05, 4.69) is 5.32 Å². The van der Waals surface area contributed by atoms with Crippen LogP contribution in [-0.2, 0) is 4.79 Å². The number of rotatable bonds is 5. The number of carbonyl (C=O) groups excluding carboxylic acids is 3. The predicted molar refractivity (Wildman–Crippen MR) is 92.8 cm³/mol. The molecular weight excluding hydrogens is 348 g/mol. The van der Waals surface area contributed by atoms with Crippen LogP contribution in [-0.4, -0.2) is 35.0 Å². The lowest BCUT2D eigenvalue weighted by Gasteiger charge is -2.12. The van der Waals surface area contributed by atoms with Crippen LogP contribution in [0.15, 0.2) is 39.0 Å². The van der Waals surface area contributed by atoms with E-state index in [0.717, 1.165) is 21.5 Å². The number of nitrogens with one attached hydrogen (secondary N) is 1. The van der Waals surface area contributed by atoms with Gasteiger partial charge in [0.2, 0.25) is 0 Å². The minimum atomic E-state index is -0.371. The van der Waals surface area contributed by atoms with Crippen molar-refractivity contribution < 1.29 is 18.8 Å². The third-order valence-electron chi connectivity index (χ3n) is 3.28. The van der Waals surface area contributed by atoms with Crippen molar-refractivity contribution in [2.24, 2.45) is 0 Å². The number of imide groups is 1. The fourth-order valence-electron chi connectivity index (χ4n) is 2.12. The molecule has 6 nitrogen and oxygen atoms in total. The Labute approximate surface area is 146 Å². The number of nitrogens with zero attached hydrogens (tertiary/aromatic N) is 1. The van der Waals surface area contributed by atoms with Crippen molar-refractivity contribution in [2.75, 3.05) is 13.1 Å². The van der Waals surface area contributed by atoms with E-state index in [1.165, 1.54) is 11.3 Å². The molecule has 24 heavy (non-hydrogen) atoms. The number of hydrogen-bond acceptors (Lipinski definition) is 6. The molecule has 124 valence electrons. The number of thiophene rings is 1. The molecule has 0 aromatic carbocycles. The summed E-state index contributed by atoms with van der Waals surface area (Å²) in [6.07, 6.45) is 1.71. The van der Waals surface area contributed by atoms with E-state index in [-0.39, 0.29) is 35.9 Å². The average molecular weight is 362 g/mol. The Morgan fingerprint density at radius 1 is 1.33 bits per heavy atom. The van der Waals surface area contributed by atoms with Gasteiger partial charge in [-0.25, -0.2) is 0 Å². The number of aryl methyl sites for hydroxylation is 1. The number of amides is 3. The van der Waals surface area contributed by atoms with Gasteiger partial charge in [0, 0.05) is 18.0 Å². The molecule has 0 spiro atoms. The van der Waals surface area contributed by atoms with Crippen LogP contribution in [0.2, 0.25) is 0 Å². The lowest BCUT2D eigenvalue weighted by Crippen LogP contribution is -2.37. The number of thioether (sulfide) groups is 1. The zero-order valence-electron chi connectivity index (χ0n) is 12.8. The molecule has 0 unspecified atom stereocenters. The Kier molecular flexibility index (Phi) is 4.86. The Balaban J connectivity index is 1.56. The minimum absolute atomic E-state index is 0.123. The molecule has 0 aliphatic carbocycles. The standard InChI is InChI=1S/C16H14N2O4S2/c1-10-4-5-12(22-10)14(19)17-6-7-18-15(20)13(24-16(18)21)9-11-3-2-8-23-11/h2-5,8-9H,6-7H2,1H3,(H,17,19)/b13-9-. The fourth-order valence-corrected chi connectivity index (χ4v) is 3.71. The van der Waals surface area contributed by atoms with Gasteiger partial charge in [0.15, 0.2) is 5.76 Å². The zero-order chi connectivity index (χ0) is 17.1. The van der Waals surface area contributed by atoms with E-state index in [1.807, 2.05) is 17.5 Å². The molecule has 3 amide bonds. The van der Waals surface area contributed by atoms with Gasteiger partial charge in [-0.1, -0.05) is 6.07 Å². The topological polar surface area (TPSA) is 79.6 Å². The van der Waals surface area contributed by atoms with Gasteiger partial charge in [0.05, 0.1) is 4.91 Å². The van der Waals surface area contributed by atoms with Crippen LogP contribution in [0, 0.1) is 6.92 Å². The SMILES string of the molecule is Cc1ccc(C(=O)NCCN2C(=O)S/C(=C\c3cccs3)C2=O)o1. The highest BCUT2D eigenvalue weighted by molar-refractivity contribution is 8.18. The lowest BCUT2D eigenvalue weighted by molar-refractivity contribution is -0.122. The fraction of sp³-hybridized carbons (Fsp3) is 0.188. The lowest BCUT2D eigenvalue weighted by atomic mass is 10.3. The van der Waals surface area contributed by atoms with Crippen molar-refractivity contribution in [2.45, 2.75) is 6.92 Å². The van der Waals surface area contributed by atoms with Crippen molar-refractivity contribution in [1.29, 1.82) is 0 Å². The molecule has 0 bridgehead atoms. The summed E-state index contributed by atoms with van der Waals surface area (Å²) in [5, 5.41) is 4.21. The highest BCUT2D eigenvalue weighted by Crippen LogP contribution is 2.32. The van der Waals surface area contributed by atoms with E-state index >= 15 is 0 Å². The van der Waals surface area contributed by atoms with Crippen LogP contribution >= 0.6 is 23.1 Å². The summed E-state index contributed by atoms with van der Waals surface area (Å²) < 4.78 is 5.21. The Morgan fingerprint density at radius 3 is 2.83 bits per heavy atom. The van der Waals surface area contributed by atoms with Crippen LogP contribution in [0.4, 0.5) is 4.79 Å². The molecule has 3 heterocycles. The first-order valence-corrected chi connectivity index (χ1v) is 8.88. The number of carbonyl (C=O) groups is 3. The molecule has 1 aliphatic heterocycles. The third-order valence-corrected chi connectivity index (χ3v) is 5.00. The molecule has 0 saturated carbocycles. The highest BCUT2D eigenvalue weighted by Gasteiger charge is 2.34. The summed E-state index contributed by atoms with van der Waals surface area (Å²) >= 11 is 2.41. The second-order valence-corrected chi connectivity index (χ2v) is 6.99. The molecular formula is C16H14N2O4S2. The van der Waals surface area contributed by atoms with Crippen LogP contribution in [0.25, 0.3) is 6.08 Å². The molecule has 1 fully saturated rings. The van der Waals surface area contributed by atoms with Crippen LogP contribution < -0.4 is 5.32 Å². The summed E-state index contributed by atoms with van der Waals surface area (Å²) in [4.78, 5) is 38.6. The summed E-state index contributed by atoms with van der Waals surface area (Å²) in [7, 11) is 0. The summed E-state index contributed by atoms with van der Waals surface area (Å²) in [5.74, 6) is 0.148. The van der Waals surface area contributed by atoms with Gasteiger partial charge in [0.25, 0.3) is 17.1 Å². The van der Waals surface area contributed by atoms with Crippen molar-refractivity contribution >= 4 is 46.2 Å². The summed E-state index contributed by atoms with van der Waals surface area (Å²) in [5.41, 5.74) is 0. The summed E-state index contributed by atoms with van der Waals surface area (Å²) in [6, 6.07) is 7.03. The Hall–Kier alpha value is -2.32. The van der Waals surface area contributed by atoms with Gasteiger partial charge in [0.1, 0.15) is 5.76 Å². The monoisotopic (exact) mass is 362 g/mol. The van der Waals surface area contributed by atoms with Gasteiger partial charge >= 0.3 is 0 Å². The maximum atomic E-state index is 12.3. The normalized spacial score (nSPS) is 16.2. The van der Waals surface area contributed by atoms with E-state index in [0.29, 0.717) is 10.7 Å². The largest absolute Gasteiger partial charge is 0.456 e. The zero-order valence-corrected chi connectivity index (χ0v) is 14.4. The Morgan fingerprint density at radius 2 is 2.17 bits per heavy atom. The van der Waals surface area contributed by atoms with E-state index < -0.39 is 0 Å². The van der Waals surface area contributed by atoms with Crippen LogP contribution in [0.5, 0.6) is 0 Å². The second-order valence-electron chi connectivity index (χ2n) is 5.01.